The quantitative estimate of drug-likeness (QED) is 0.538. The van der Waals surface area contributed by atoms with E-state index in [1.165, 1.54) is 0 Å². The number of benzene rings is 1. The Bertz CT molecular complexity index is 255. The fraction of sp³-hybridized carbons (Fsp3) is 0.111. The van der Waals surface area contributed by atoms with Crippen LogP contribution in [0.15, 0.2) is 40.6 Å². The molecule has 0 bridgehead atoms. The van der Waals surface area contributed by atoms with Gasteiger partial charge in [-0.1, -0.05) is 30.0 Å². The molecule has 0 saturated heterocycles. The Morgan fingerprint density at radius 3 is 2.73 bits per heavy atom. The third-order valence-electron chi connectivity index (χ3n) is 1.25. The molecule has 58 valence electrons. The summed E-state index contributed by atoms with van der Waals surface area (Å²) in [6.07, 6.45) is 2.00. The van der Waals surface area contributed by atoms with Crippen LogP contribution in [0.3, 0.4) is 0 Å². The van der Waals surface area contributed by atoms with Crippen LogP contribution in [0, 0.1) is 0 Å². The highest BCUT2D eigenvalue weighted by Gasteiger charge is 1.93. The summed E-state index contributed by atoms with van der Waals surface area (Å²) in [5.74, 6) is 0. The molecule has 0 fully saturated rings. The molecule has 0 atom stereocenters. The molecule has 0 amide bonds. The molecule has 0 radical (unpaired) electrons. The number of rotatable bonds is 2. The summed E-state index contributed by atoms with van der Waals surface area (Å²) in [6, 6.07) is 7.85. The summed E-state index contributed by atoms with van der Waals surface area (Å²) >= 11 is 1.64. The Kier molecular flexibility index (Phi) is 3.05. The SMILES string of the molecule is C/C=C\Sc1ccccc1N. The van der Waals surface area contributed by atoms with Crippen molar-refractivity contribution >= 4 is 17.4 Å². The van der Waals surface area contributed by atoms with Crippen molar-refractivity contribution in [2.75, 3.05) is 5.73 Å². The van der Waals surface area contributed by atoms with Crippen LogP contribution in [-0.2, 0) is 0 Å². The fourth-order valence-corrected chi connectivity index (χ4v) is 1.37. The molecular formula is C9H11NS. The van der Waals surface area contributed by atoms with Gasteiger partial charge >= 0.3 is 0 Å². The van der Waals surface area contributed by atoms with E-state index in [9.17, 15) is 0 Å². The molecule has 1 nitrogen and oxygen atoms in total. The molecular weight excluding hydrogens is 154 g/mol. The van der Waals surface area contributed by atoms with E-state index in [1.54, 1.807) is 11.8 Å². The van der Waals surface area contributed by atoms with Crippen molar-refractivity contribution in [3.63, 3.8) is 0 Å². The fourth-order valence-electron chi connectivity index (χ4n) is 0.729. The van der Waals surface area contributed by atoms with Crippen molar-refractivity contribution in [1.82, 2.24) is 0 Å². The Balaban J connectivity index is 2.77. The smallest absolute Gasteiger partial charge is 0.0455 e. The average molecular weight is 165 g/mol. The van der Waals surface area contributed by atoms with Crippen LogP contribution in [0.1, 0.15) is 6.92 Å². The normalized spacial score (nSPS) is 10.6. The lowest BCUT2D eigenvalue weighted by Crippen LogP contribution is -1.85. The molecule has 2 N–H and O–H groups in total. The number of nitrogens with two attached hydrogens (primary N) is 1. The molecule has 0 unspecified atom stereocenters. The summed E-state index contributed by atoms with van der Waals surface area (Å²) in [5, 5.41) is 2.02. The van der Waals surface area contributed by atoms with E-state index in [-0.39, 0.29) is 0 Å². The van der Waals surface area contributed by atoms with Gasteiger partial charge in [0.25, 0.3) is 0 Å². The van der Waals surface area contributed by atoms with E-state index in [0.717, 1.165) is 10.6 Å². The molecule has 2 heteroatoms. The standard InChI is InChI=1S/C9H11NS/c1-2-7-11-9-6-4-3-5-8(9)10/h2-7H,10H2,1H3/b7-2-. The second kappa shape index (κ2) is 4.09. The number of para-hydroxylation sites is 1. The van der Waals surface area contributed by atoms with Crippen molar-refractivity contribution in [3.8, 4) is 0 Å². The Labute approximate surface area is 71.3 Å². The highest BCUT2D eigenvalue weighted by molar-refractivity contribution is 8.02. The van der Waals surface area contributed by atoms with Gasteiger partial charge in [-0.25, -0.2) is 0 Å². The lowest BCUT2D eigenvalue weighted by molar-refractivity contribution is 1.47. The van der Waals surface area contributed by atoms with E-state index in [0.29, 0.717) is 0 Å². The molecule has 0 aromatic heterocycles. The number of thioether (sulfide) groups is 1. The molecule has 11 heavy (non-hydrogen) atoms. The molecule has 1 aromatic carbocycles. The van der Waals surface area contributed by atoms with Crippen molar-refractivity contribution in [2.24, 2.45) is 0 Å². The summed E-state index contributed by atoms with van der Waals surface area (Å²) < 4.78 is 0. The maximum atomic E-state index is 5.71. The van der Waals surface area contributed by atoms with Gasteiger partial charge in [0.2, 0.25) is 0 Å². The molecule has 0 aliphatic carbocycles. The third kappa shape index (κ3) is 2.31. The van der Waals surface area contributed by atoms with Gasteiger partial charge in [-0.15, -0.1) is 0 Å². The first-order chi connectivity index (χ1) is 5.34. The Hall–Kier alpha value is -0.890. The van der Waals surface area contributed by atoms with Gasteiger partial charge in [-0.2, -0.15) is 0 Å². The first kappa shape index (κ1) is 8.21. The van der Waals surface area contributed by atoms with Crippen molar-refractivity contribution in [3.05, 3.63) is 35.7 Å². The Morgan fingerprint density at radius 1 is 1.36 bits per heavy atom. The van der Waals surface area contributed by atoms with Gasteiger partial charge in [0.15, 0.2) is 0 Å². The molecule has 0 spiro atoms. The van der Waals surface area contributed by atoms with Crippen molar-refractivity contribution in [2.45, 2.75) is 11.8 Å². The minimum absolute atomic E-state index is 0.843. The summed E-state index contributed by atoms with van der Waals surface area (Å²) in [7, 11) is 0. The maximum absolute atomic E-state index is 5.71. The predicted octanol–water partition coefficient (Wildman–Crippen LogP) is 2.89. The average Bonchev–Trinajstić information content (AvgIpc) is 2.03. The van der Waals surface area contributed by atoms with Crippen LogP contribution in [-0.4, -0.2) is 0 Å². The molecule has 0 aliphatic heterocycles. The second-order valence-corrected chi connectivity index (χ2v) is 3.07. The van der Waals surface area contributed by atoms with Gasteiger partial charge < -0.3 is 5.73 Å². The third-order valence-corrected chi connectivity index (χ3v) is 2.28. The lowest BCUT2D eigenvalue weighted by Gasteiger charge is -1.99. The van der Waals surface area contributed by atoms with Gasteiger partial charge in [-0.05, 0) is 24.5 Å². The molecule has 1 aromatic rings. The number of allylic oxidation sites excluding steroid dienone is 1. The highest BCUT2D eigenvalue weighted by Crippen LogP contribution is 2.24. The first-order valence-corrected chi connectivity index (χ1v) is 4.35. The summed E-state index contributed by atoms with van der Waals surface area (Å²) in [6.45, 7) is 1.99. The lowest BCUT2D eigenvalue weighted by atomic mass is 10.3. The number of nitrogen functional groups attached to an aromatic ring is 1. The molecule has 0 heterocycles. The van der Waals surface area contributed by atoms with Gasteiger partial charge in [0.1, 0.15) is 0 Å². The maximum Gasteiger partial charge on any atom is 0.0455 e. The van der Waals surface area contributed by atoms with Crippen molar-refractivity contribution < 1.29 is 0 Å². The van der Waals surface area contributed by atoms with E-state index >= 15 is 0 Å². The summed E-state index contributed by atoms with van der Waals surface area (Å²) in [5.41, 5.74) is 6.55. The zero-order chi connectivity index (χ0) is 8.10. The topological polar surface area (TPSA) is 26.0 Å². The van der Waals surface area contributed by atoms with Crippen LogP contribution in [0.4, 0.5) is 5.69 Å². The van der Waals surface area contributed by atoms with Crippen LogP contribution in [0.2, 0.25) is 0 Å². The summed E-state index contributed by atoms with van der Waals surface area (Å²) in [4.78, 5) is 1.12. The molecule has 0 saturated carbocycles. The second-order valence-electron chi connectivity index (χ2n) is 2.13. The van der Waals surface area contributed by atoms with E-state index in [4.69, 9.17) is 5.73 Å². The monoisotopic (exact) mass is 165 g/mol. The van der Waals surface area contributed by atoms with E-state index in [2.05, 4.69) is 0 Å². The Morgan fingerprint density at radius 2 is 2.09 bits per heavy atom. The van der Waals surface area contributed by atoms with E-state index < -0.39 is 0 Å². The van der Waals surface area contributed by atoms with Crippen LogP contribution in [0.25, 0.3) is 0 Å². The minimum atomic E-state index is 0.843. The predicted molar refractivity (Wildman–Crippen MR) is 51.5 cm³/mol. The van der Waals surface area contributed by atoms with Crippen molar-refractivity contribution in [1.29, 1.82) is 0 Å². The zero-order valence-corrected chi connectivity index (χ0v) is 7.27. The largest absolute Gasteiger partial charge is 0.398 e. The van der Waals surface area contributed by atoms with Gasteiger partial charge in [0, 0.05) is 10.6 Å². The first-order valence-electron chi connectivity index (χ1n) is 3.47. The van der Waals surface area contributed by atoms with Gasteiger partial charge in [0.05, 0.1) is 0 Å². The minimum Gasteiger partial charge on any atom is -0.398 e. The van der Waals surface area contributed by atoms with Crippen LogP contribution < -0.4 is 5.73 Å². The van der Waals surface area contributed by atoms with Gasteiger partial charge in [-0.3, -0.25) is 0 Å². The highest BCUT2D eigenvalue weighted by atomic mass is 32.2. The number of hydrogen-bond acceptors (Lipinski definition) is 2. The molecule has 0 aliphatic rings. The van der Waals surface area contributed by atoms with E-state index in [1.807, 2.05) is 42.7 Å². The zero-order valence-electron chi connectivity index (χ0n) is 6.45. The number of anilines is 1. The molecule has 1 rings (SSSR count). The number of hydrogen-bond donors (Lipinski definition) is 1. The van der Waals surface area contributed by atoms with Crippen LogP contribution in [0.5, 0.6) is 0 Å². The van der Waals surface area contributed by atoms with Crippen LogP contribution >= 0.6 is 11.8 Å².